The minimum absolute atomic E-state index is 0.257. The van der Waals surface area contributed by atoms with Gasteiger partial charge in [0.25, 0.3) is 0 Å². The highest BCUT2D eigenvalue weighted by Gasteiger charge is 2.44. The van der Waals surface area contributed by atoms with Crippen LogP contribution in [0.3, 0.4) is 0 Å². The normalized spacial score (nSPS) is 24.9. The van der Waals surface area contributed by atoms with Gasteiger partial charge in [0.2, 0.25) is 0 Å². The Labute approximate surface area is 127 Å². The summed E-state index contributed by atoms with van der Waals surface area (Å²) in [6.07, 6.45) is 2.28. The number of aryl methyl sites for hydroxylation is 1. The largest absolute Gasteiger partial charge is 0.465 e. The molecule has 4 nitrogen and oxygen atoms in total. The molecule has 0 radical (unpaired) electrons. The predicted molar refractivity (Wildman–Crippen MR) is 85.4 cm³/mol. The zero-order chi connectivity index (χ0) is 15.5. The van der Waals surface area contributed by atoms with E-state index in [0.717, 1.165) is 13.0 Å². The first-order valence-corrected chi connectivity index (χ1v) is 7.79. The Kier molecular flexibility index (Phi) is 4.88. The fourth-order valence-corrected chi connectivity index (χ4v) is 3.23. The van der Waals surface area contributed by atoms with Crippen LogP contribution in [0.1, 0.15) is 38.7 Å². The first-order chi connectivity index (χ1) is 10.00. The summed E-state index contributed by atoms with van der Waals surface area (Å²) in [5.74, 6) is -0.257. The summed E-state index contributed by atoms with van der Waals surface area (Å²) in [5.41, 5.74) is 7.90. The third-order valence-corrected chi connectivity index (χ3v) is 4.32. The number of benzene rings is 1. The first-order valence-electron chi connectivity index (χ1n) is 7.79. The molecule has 2 N–H and O–H groups in total. The maximum absolute atomic E-state index is 12.0. The maximum Gasteiger partial charge on any atom is 0.326 e. The third-order valence-electron chi connectivity index (χ3n) is 4.32. The van der Waals surface area contributed by atoms with Gasteiger partial charge < -0.3 is 15.4 Å². The Hall–Kier alpha value is -1.55. The molecule has 1 saturated carbocycles. The highest BCUT2D eigenvalue weighted by Crippen LogP contribution is 2.34. The summed E-state index contributed by atoms with van der Waals surface area (Å²) in [7, 11) is 0. The number of esters is 1. The first kappa shape index (κ1) is 15.8. The Morgan fingerprint density at radius 2 is 2.24 bits per heavy atom. The van der Waals surface area contributed by atoms with E-state index >= 15 is 0 Å². The molecule has 4 heteroatoms. The van der Waals surface area contributed by atoms with E-state index in [1.54, 1.807) is 0 Å². The minimum Gasteiger partial charge on any atom is -0.465 e. The molecule has 0 aliphatic heterocycles. The van der Waals surface area contributed by atoms with Crippen LogP contribution in [0.4, 0.5) is 5.69 Å². The van der Waals surface area contributed by atoms with E-state index < -0.39 is 5.54 Å². The number of anilines is 1. The summed E-state index contributed by atoms with van der Waals surface area (Å²) < 4.78 is 5.13. The molecule has 0 spiro atoms. The van der Waals surface area contributed by atoms with Crippen LogP contribution in [0.5, 0.6) is 0 Å². The maximum atomic E-state index is 12.0. The van der Waals surface area contributed by atoms with Gasteiger partial charge in [0, 0.05) is 18.3 Å². The molecule has 116 valence electrons. The van der Waals surface area contributed by atoms with Gasteiger partial charge in [-0.1, -0.05) is 12.1 Å². The van der Waals surface area contributed by atoms with Crippen molar-refractivity contribution in [3.05, 3.63) is 29.8 Å². The number of hydrogen-bond acceptors (Lipinski definition) is 4. The van der Waals surface area contributed by atoms with Crippen molar-refractivity contribution in [1.82, 2.24) is 0 Å². The number of carbonyl (C=O) groups is 1. The second kappa shape index (κ2) is 6.48. The van der Waals surface area contributed by atoms with Crippen LogP contribution in [-0.4, -0.2) is 30.7 Å². The Bertz CT molecular complexity index is 503. The molecular formula is C17H26N2O2. The van der Waals surface area contributed by atoms with E-state index in [0.29, 0.717) is 25.5 Å². The lowest BCUT2D eigenvalue weighted by atomic mass is 9.99. The molecule has 1 aromatic carbocycles. The number of ether oxygens (including phenoxy) is 1. The number of nitrogens with two attached hydrogens (primary N) is 1. The SMILES string of the molecule is CCOC(=O)C1(N)CCC(N(CC)c2cccc(C)c2)C1. The lowest BCUT2D eigenvalue weighted by molar-refractivity contribution is -0.149. The smallest absolute Gasteiger partial charge is 0.326 e. The van der Waals surface area contributed by atoms with Crippen LogP contribution in [-0.2, 0) is 9.53 Å². The van der Waals surface area contributed by atoms with Gasteiger partial charge in [-0.05, 0) is 57.7 Å². The molecule has 0 heterocycles. The van der Waals surface area contributed by atoms with Crippen LogP contribution in [0.25, 0.3) is 0 Å². The third kappa shape index (κ3) is 3.38. The molecule has 2 atom stereocenters. The average Bonchev–Trinajstić information content (AvgIpc) is 2.84. The molecular weight excluding hydrogens is 264 g/mol. The van der Waals surface area contributed by atoms with Gasteiger partial charge in [-0.2, -0.15) is 0 Å². The highest BCUT2D eigenvalue weighted by molar-refractivity contribution is 5.81. The van der Waals surface area contributed by atoms with E-state index in [-0.39, 0.29) is 5.97 Å². The van der Waals surface area contributed by atoms with Crippen LogP contribution < -0.4 is 10.6 Å². The topological polar surface area (TPSA) is 55.6 Å². The predicted octanol–water partition coefficient (Wildman–Crippen LogP) is 2.63. The van der Waals surface area contributed by atoms with Crippen molar-refractivity contribution in [2.75, 3.05) is 18.1 Å². The Balaban J connectivity index is 2.13. The van der Waals surface area contributed by atoms with E-state index in [1.807, 2.05) is 6.92 Å². The lowest BCUT2D eigenvalue weighted by Gasteiger charge is -2.31. The molecule has 1 fully saturated rings. The second-order valence-corrected chi connectivity index (χ2v) is 5.90. The Morgan fingerprint density at radius 3 is 2.86 bits per heavy atom. The minimum atomic E-state index is -0.822. The van der Waals surface area contributed by atoms with Gasteiger partial charge in [0.05, 0.1) is 6.61 Å². The van der Waals surface area contributed by atoms with E-state index in [4.69, 9.17) is 10.5 Å². The highest BCUT2D eigenvalue weighted by atomic mass is 16.5. The zero-order valence-corrected chi connectivity index (χ0v) is 13.3. The van der Waals surface area contributed by atoms with Gasteiger partial charge >= 0.3 is 5.97 Å². The summed E-state index contributed by atoms with van der Waals surface area (Å²) in [4.78, 5) is 14.4. The Morgan fingerprint density at radius 1 is 1.48 bits per heavy atom. The standard InChI is InChI=1S/C17H26N2O2/c1-4-19(14-8-6-7-13(3)11-14)15-9-10-17(18,12-15)16(20)21-5-2/h6-8,11,15H,4-5,9-10,12,18H2,1-3H3. The number of nitrogens with zero attached hydrogens (tertiary/aromatic N) is 1. The van der Waals surface area contributed by atoms with Gasteiger partial charge in [-0.25, -0.2) is 0 Å². The molecule has 0 bridgehead atoms. The number of rotatable bonds is 5. The fraction of sp³-hybridized carbons (Fsp3) is 0.588. The van der Waals surface area contributed by atoms with Crippen LogP contribution in [0.2, 0.25) is 0 Å². The molecule has 2 unspecified atom stereocenters. The summed E-state index contributed by atoms with van der Waals surface area (Å²) in [6.45, 7) is 7.35. The van der Waals surface area contributed by atoms with E-state index in [2.05, 4.69) is 43.0 Å². The van der Waals surface area contributed by atoms with Gasteiger partial charge in [0.15, 0.2) is 0 Å². The molecule has 2 rings (SSSR count). The van der Waals surface area contributed by atoms with Crippen molar-refractivity contribution < 1.29 is 9.53 Å². The van der Waals surface area contributed by atoms with Crippen molar-refractivity contribution >= 4 is 11.7 Å². The molecule has 1 aliphatic carbocycles. The van der Waals surface area contributed by atoms with Crippen molar-refractivity contribution in [1.29, 1.82) is 0 Å². The van der Waals surface area contributed by atoms with Gasteiger partial charge in [-0.15, -0.1) is 0 Å². The molecule has 0 aromatic heterocycles. The number of hydrogen-bond donors (Lipinski definition) is 1. The summed E-state index contributed by atoms with van der Waals surface area (Å²) >= 11 is 0. The van der Waals surface area contributed by atoms with Gasteiger partial charge in [0.1, 0.15) is 5.54 Å². The zero-order valence-electron chi connectivity index (χ0n) is 13.3. The van der Waals surface area contributed by atoms with E-state index in [9.17, 15) is 4.79 Å². The van der Waals surface area contributed by atoms with Crippen LogP contribution in [0, 0.1) is 6.92 Å². The van der Waals surface area contributed by atoms with Crippen molar-refractivity contribution in [2.24, 2.45) is 5.73 Å². The molecule has 21 heavy (non-hydrogen) atoms. The second-order valence-electron chi connectivity index (χ2n) is 5.90. The molecule has 0 amide bonds. The van der Waals surface area contributed by atoms with Gasteiger partial charge in [-0.3, -0.25) is 4.79 Å². The molecule has 0 saturated heterocycles. The van der Waals surface area contributed by atoms with Crippen LogP contribution >= 0.6 is 0 Å². The van der Waals surface area contributed by atoms with Crippen molar-refractivity contribution in [3.63, 3.8) is 0 Å². The fourth-order valence-electron chi connectivity index (χ4n) is 3.23. The number of carbonyl (C=O) groups excluding carboxylic acids is 1. The van der Waals surface area contributed by atoms with Crippen LogP contribution in [0.15, 0.2) is 24.3 Å². The summed E-state index contributed by atoms with van der Waals surface area (Å²) in [5, 5.41) is 0. The van der Waals surface area contributed by atoms with E-state index in [1.165, 1.54) is 11.3 Å². The lowest BCUT2D eigenvalue weighted by Crippen LogP contribution is -2.48. The van der Waals surface area contributed by atoms with Crippen molar-refractivity contribution in [2.45, 2.75) is 51.6 Å². The average molecular weight is 290 g/mol. The molecule has 1 aliphatic rings. The van der Waals surface area contributed by atoms with Crippen molar-refractivity contribution in [3.8, 4) is 0 Å². The molecule has 1 aromatic rings. The quantitative estimate of drug-likeness (QED) is 0.847. The summed E-state index contributed by atoms with van der Waals surface area (Å²) in [6, 6.07) is 8.77. The monoisotopic (exact) mass is 290 g/mol.